The molecule has 0 radical (unpaired) electrons. The number of rotatable bonds is 1. The van der Waals surface area contributed by atoms with E-state index < -0.39 is 23.6 Å². The topological polar surface area (TPSA) is 111 Å². The van der Waals surface area contributed by atoms with E-state index in [0.29, 0.717) is 5.69 Å². The minimum Gasteiger partial charge on any atom is -0.394 e. The Morgan fingerprint density at radius 1 is 1.71 bits per heavy atom. The SMILES string of the molecule is Nc1cc2n(c(=O)n1)[C@H]1C[C@@](O)(C2)[C@@H](CO)O1. The summed E-state index contributed by atoms with van der Waals surface area (Å²) in [4.78, 5) is 15.4. The van der Waals surface area contributed by atoms with Gasteiger partial charge in [-0.1, -0.05) is 0 Å². The summed E-state index contributed by atoms with van der Waals surface area (Å²) in [6.45, 7) is -0.279. The summed E-state index contributed by atoms with van der Waals surface area (Å²) in [5.41, 5.74) is 4.50. The summed E-state index contributed by atoms with van der Waals surface area (Å²) in [6.07, 6.45) is -0.720. The van der Waals surface area contributed by atoms with Gasteiger partial charge in [-0.3, -0.25) is 4.57 Å². The number of anilines is 1. The van der Waals surface area contributed by atoms with E-state index in [9.17, 15) is 9.90 Å². The van der Waals surface area contributed by atoms with Crippen molar-refractivity contribution in [2.24, 2.45) is 0 Å². The molecular weight excluding hydrogens is 226 g/mol. The quantitative estimate of drug-likeness (QED) is 0.544. The standard InChI is InChI=1S/C10H13N3O4/c11-7-1-5-2-10(16)3-8(17-6(10)4-14)13(5)9(15)12-7/h1,6,8,14,16H,2-4H2,(H2,11,12,15)/t6-,8-,10+/m1/s1. The van der Waals surface area contributed by atoms with Gasteiger partial charge in [-0.05, 0) is 0 Å². The van der Waals surface area contributed by atoms with Gasteiger partial charge in [0, 0.05) is 24.6 Å². The zero-order valence-corrected chi connectivity index (χ0v) is 9.04. The maximum absolute atomic E-state index is 11.7. The fraction of sp³-hybridized carbons (Fsp3) is 0.600. The number of nitrogens with zero attached hydrogens (tertiary/aromatic N) is 2. The predicted octanol–water partition coefficient (Wildman–Crippen LogP) is -1.61. The van der Waals surface area contributed by atoms with E-state index in [0.717, 1.165) is 0 Å². The number of ether oxygens (including phenoxy) is 1. The summed E-state index contributed by atoms with van der Waals surface area (Å²) in [7, 11) is 0. The van der Waals surface area contributed by atoms with E-state index in [4.69, 9.17) is 15.6 Å². The Labute approximate surface area is 96.5 Å². The molecule has 0 aliphatic carbocycles. The van der Waals surface area contributed by atoms with Crippen LogP contribution in [0.25, 0.3) is 0 Å². The molecule has 1 fully saturated rings. The van der Waals surface area contributed by atoms with Crippen LogP contribution in [-0.2, 0) is 11.2 Å². The first kappa shape index (κ1) is 10.7. The second kappa shape index (κ2) is 3.28. The molecule has 3 rings (SSSR count). The summed E-state index contributed by atoms with van der Waals surface area (Å²) in [5.74, 6) is 0.131. The lowest BCUT2D eigenvalue weighted by Gasteiger charge is -2.30. The summed E-state index contributed by atoms with van der Waals surface area (Å²) < 4.78 is 6.86. The number of hydrogen-bond donors (Lipinski definition) is 3. The molecule has 0 aromatic carbocycles. The van der Waals surface area contributed by atoms with E-state index in [1.165, 1.54) is 4.57 Å². The van der Waals surface area contributed by atoms with Crippen molar-refractivity contribution in [2.75, 3.05) is 12.3 Å². The van der Waals surface area contributed by atoms with Crippen LogP contribution in [0.3, 0.4) is 0 Å². The van der Waals surface area contributed by atoms with Crippen molar-refractivity contribution in [1.82, 2.24) is 9.55 Å². The molecular formula is C10H13N3O4. The highest BCUT2D eigenvalue weighted by Crippen LogP contribution is 2.42. The molecule has 2 bridgehead atoms. The molecule has 0 spiro atoms. The van der Waals surface area contributed by atoms with Gasteiger partial charge in [-0.2, -0.15) is 4.98 Å². The highest BCUT2D eigenvalue weighted by Gasteiger charge is 2.52. The Bertz CT molecular complexity index is 529. The van der Waals surface area contributed by atoms with Gasteiger partial charge in [0.2, 0.25) is 0 Å². The maximum atomic E-state index is 11.7. The Morgan fingerprint density at radius 2 is 2.47 bits per heavy atom. The summed E-state index contributed by atoms with van der Waals surface area (Å²) in [5, 5.41) is 19.5. The van der Waals surface area contributed by atoms with Crippen molar-refractivity contribution < 1.29 is 14.9 Å². The average Bonchev–Trinajstić information content (AvgIpc) is 2.48. The van der Waals surface area contributed by atoms with E-state index in [-0.39, 0.29) is 25.3 Å². The highest BCUT2D eigenvalue weighted by molar-refractivity contribution is 5.31. The molecule has 7 nitrogen and oxygen atoms in total. The third-order valence-corrected chi connectivity index (χ3v) is 3.44. The van der Waals surface area contributed by atoms with Gasteiger partial charge in [0.25, 0.3) is 0 Å². The molecule has 4 N–H and O–H groups in total. The molecule has 3 atom stereocenters. The zero-order valence-electron chi connectivity index (χ0n) is 9.04. The van der Waals surface area contributed by atoms with Crippen LogP contribution in [0.4, 0.5) is 5.82 Å². The first-order valence-corrected chi connectivity index (χ1v) is 5.40. The molecule has 0 amide bonds. The van der Waals surface area contributed by atoms with Crippen molar-refractivity contribution in [3.63, 3.8) is 0 Å². The molecule has 92 valence electrons. The van der Waals surface area contributed by atoms with Crippen LogP contribution in [0.15, 0.2) is 10.9 Å². The monoisotopic (exact) mass is 239 g/mol. The largest absolute Gasteiger partial charge is 0.394 e. The van der Waals surface area contributed by atoms with Gasteiger partial charge in [0.05, 0.1) is 6.61 Å². The number of aromatic nitrogens is 2. The van der Waals surface area contributed by atoms with Crippen LogP contribution in [0.2, 0.25) is 0 Å². The van der Waals surface area contributed by atoms with Crippen LogP contribution in [0.5, 0.6) is 0 Å². The van der Waals surface area contributed by atoms with E-state index in [1.807, 2.05) is 0 Å². The van der Waals surface area contributed by atoms with Crippen molar-refractivity contribution in [2.45, 2.75) is 30.8 Å². The van der Waals surface area contributed by atoms with Crippen molar-refractivity contribution in [3.05, 3.63) is 22.2 Å². The average molecular weight is 239 g/mol. The van der Waals surface area contributed by atoms with Crippen LogP contribution in [0, 0.1) is 0 Å². The van der Waals surface area contributed by atoms with E-state index in [1.54, 1.807) is 6.07 Å². The third kappa shape index (κ3) is 1.40. The second-order valence-electron chi connectivity index (χ2n) is 4.57. The molecule has 1 saturated heterocycles. The van der Waals surface area contributed by atoms with Crippen molar-refractivity contribution in [3.8, 4) is 0 Å². The van der Waals surface area contributed by atoms with Crippen LogP contribution >= 0.6 is 0 Å². The molecule has 3 heterocycles. The number of hydrogen-bond acceptors (Lipinski definition) is 6. The van der Waals surface area contributed by atoms with E-state index >= 15 is 0 Å². The lowest BCUT2D eigenvalue weighted by Crippen LogP contribution is -2.45. The number of aliphatic hydroxyl groups excluding tert-OH is 1. The van der Waals surface area contributed by atoms with Gasteiger partial charge < -0.3 is 20.7 Å². The molecule has 2 aliphatic rings. The Balaban J connectivity index is 2.14. The van der Waals surface area contributed by atoms with Gasteiger partial charge in [0.15, 0.2) is 0 Å². The number of aliphatic hydroxyl groups is 2. The van der Waals surface area contributed by atoms with Crippen LogP contribution < -0.4 is 11.4 Å². The zero-order chi connectivity index (χ0) is 12.2. The Morgan fingerprint density at radius 3 is 3.18 bits per heavy atom. The smallest absolute Gasteiger partial charge is 0.351 e. The minimum atomic E-state index is -1.13. The Kier molecular flexibility index (Phi) is 2.07. The molecule has 2 aliphatic heterocycles. The predicted molar refractivity (Wildman–Crippen MR) is 57.2 cm³/mol. The lowest BCUT2D eigenvalue weighted by atomic mass is 9.87. The molecule has 0 saturated carbocycles. The molecule has 7 heteroatoms. The van der Waals surface area contributed by atoms with Gasteiger partial charge >= 0.3 is 5.69 Å². The Hall–Kier alpha value is -1.44. The highest BCUT2D eigenvalue weighted by atomic mass is 16.5. The third-order valence-electron chi connectivity index (χ3n) is 3.44. The molecule has 1 aromatic rings. The van der Waals surface area contributed by atoms with Crippen molar-refractivity contribution >= 4 is 5.82 Å². The summed E-state index contributed by atoms with van der Waals surface area (Å²) >= 11 is 0. The van der Waals surface area contributed by atoms with Gasteiger partial charge in [0.1, 0.15) is 23.8 Å². The number of nitrogen functional groups attached to an aromatic ring is 1. The second-order valence-corrected chi connectivity index (χ2v) is 4.57. The fourth-order valence-corrected chi connectivity index (χ4v) is 2.67. The number of nitrogens with two attached hydrogens (primary N) is 1. The maximum Gasteiger partial charge on any atom is 0.351 e. The molecule has 0 unspecified atom stereocenters. The normalized spacial score (nSPS) is 34.7. The van der Waals surface area contributed by atoms with E-state index in [2.05, 4.69) is 4.98 Å². The van der Waals surface area contributed by atoms with Gasteiger partial charge in [-0.15, -0.1) is 0 Å². The van der Waals surface area contributed by atoms with Gasteiger partial charge in [-0.25, -0.2) is 4.79 Å². The van der Waals surface area contributed by atoms with Crippen molar-refractivity contribution in [1.29, 1.82) is 0 Å². The molecule has 1 aromatic heterocycles. The van der Waals surface area contributed by atoms with Crippen LogP contribution in [0.1, 0.15) is 18.3 Å². The lowest BCUT2D eigenvalue weighted by molar-refractivity contribution is -0.0727. The first-order chi connectivity index (χ1) is 8.03. The van der Waals surface area contributed by atoms with Crippen LogP contribution in [-0.4, -0.2) is 38.1 Å². The fourth-order valence-electron chi connectivity index (χ4n) is 2.67. The first-order valence-electron chi connectivity index (χ1n) is 5.40. The number of fused-ring (bicyclic) bond motifs is 4. The minimum absolute atomic E-state index is 0.131. The summed E-state index contributed by atoms with van der Waals surface area (Å²) in [6, 6.07) is 1.56. The molecule has 17 heavy (non-hydrogen) atoms.